The lowest BCUT2D eigenvalue weighted by Crippen LogP contribution is -2.50. The van der Waals surface area contributed by atoms with Crippen molar-refractivity contribution in [3.8, 4) is 0 Å². The molecule has 0 saturated heterocycles. The molecule has 0 spiro atoms. The predicted molar refractivity (Wildman–Crippen MR) is 82.8 cm³/mol. The van der Waals surface area contributed by atoms with E-state index in [1.54, 1.807) is 0 Å². The Hall–Kier alpha value is -0.610. The van der Waals surface area contributed by atoms with Gasteiger partial charge in [-0.05, 0) is 39.3 Å². The van der Waals surface area contributed by atoms with Gasteiger partial charge < -0.3 is 10.1 Å². The van der Waals surface area contributed by atoms with E-state index >= 15 is 0 Å². The molecule has 1 saturated carbocycles. The summed E-state index contributed by atoms with van der Waals surface area (Å²) in [5.41, 5.74) is 0. The van der Waals surface area contributed by atoms with Gasteiger partial charge in [0.25, 0.3) is 0 Å². The van der Waals surface area contributed by atoms with Crippen molar-refractivity contribution in [2.45, 2.75) is 71.4 Å². The summed E-state index contributed by atoms with van der Waals surface area (Å²) in [6, 6.07) is 0.464. The normalized spacial score (nSPS) is 18.2. The number of likely N-dealkylation sites (N-methyl/N-ethyl adjacent to an activating group) is 1. The van der Waals surface area contributed by atoms with Gasteiger partial charge in [-0.15, -0.1) is 0 Å². The molecule has 4 nitrogen and oxygen atoms in total. The quantitative estimate of drug-likeness (QED) is 0.661. The molecule has 1 aliphatic rings. The molecule has 0 aromatic heterocycles. The smallest absolute Gasteiger partial charge is 0.324 e. The van der Waals surface area contributed by atoms with Crippen molar-refractivity contribution >= 4 is 5.97 Å². The second-order valence-corrected chi connectivity index (χ2v) is 5.64. The minimum atomic E-state index is -0.184. The SMILES string of the molecule is CCCNC(CN(CC)C1CCCCC1)C(=O)OCC. The van der Waals surface area contributed by atoms with Gasteiger partial charge in [-0.2, -0.15) is 0 Å². The van der Waals surface area contributed by atoms with Crippen molar-refractivity contribution in [1.82, 2.24) is 10.2 Å². The van der Waals surface area contributed by atoms with Crippen LogP contribution in [0.25, 0.3) is 0 Å². The molecule has 1 aliphatic carbocycles. The number of nitrogens with one attached hydrogen (secondary N) is 1. The Morgan fingerprint density at radius 1 is 1.25 bits per heavy atom. The zero-order chi connectivity index (χ0) is 14.8. The van der Waals surface area contributed by atoms with Crippen LogP contribution >= 0.6 is 0 Å². The molecule has 1 unspecified atom stereocenters. The molecule has 1 atom stereocenters. The molecule has 0 heterocycles. The van der Waals surface area contributed by atoms with Crippen LogP contribution in [0, 0.1) is 0 Å². The van der Waals surface area contributed by atoms with Crippen LogP contribution in [0.1, 0.15) is 59.3 Å². The van der Waals surface area contributed by atoms with Crippen LogP contribution in [0.5, 0.6) is 0 Å². The van der Waals surface area contributed by atoms with E-state index in [4.69, 9.17) is 4.74 Å². The third kappa shape index (κ3) is 5.80. The molecular formula is C16H32N2O2. The maximum absolute atomic E-state index is 12.1. The molecule has 0 aromatic rings. The third-order valence-corrected chi connectivity index (χ3v) is 4.13. The van der Waals surface area contributed by atoms with Crippen LogP contribution in [0.15, 0.2) is 0 Å². The minimum absolute atomic E-state index is 0.102. The van der Waals surface area contributed by atoms with Gasteiger partial charge in [0.15, 0.2) is 0 Å². The summed E-state index contributed by atoms with van der Waals surface area (Å²) in [4.78, 5) is 14.5. The van der Waals surface area contributed by atoms with Crippen molar-refractivity contribution in [3.63, 3.8) is 0 Å². The number of hydrogen-bond acceptors (Lipinski definition) is 4. The molecule has 20 heavy (non-hydrogen) atoms. The average Bonchev–Trinajstić information content (AvgIpc) is 2.48. The summed E-state index contributed by atoms with van der Waals surface area (Å²) < 4.78 is 5.21. The number of hydrogen-bond donors (Lipinski definition) is 1. The molecular weight excluding hydrogens is 252 g/mol. The molecule has 0 bridgehead atoms. The van der Waals surface area contributed by atoms with E-state index in [2.05, 4.69) is 24.1 Å². The summed E-state index contributed by atoms with van der Waals surface area (Å²) in [5.74, 6) is -0.102. The Kier molecular flexibility index (Phi) is 8.86. The van der Waals surface area contributed by atoms with Gasteiger partial charge >= 0.3 is 5.97 Å². The highest BCUT2D eigenvalue weighted by Gasteiger charge is 2.26. The summed E-state index contributed by atoms with van der Waals surface area (Å²) in [7, 11) is 0. The Bertz CT molecular complexity index is 265. The van der Waals surface area contributed by atoms with Crippen LogP contribution in [0.3, 0.4) is 0 Å². The van der Waals surface area contributed by atoms with Crippen LogP contribution in [0.2, 0.25) is 0 Å². The predicted octanol–water partition coefficient (Wildman–Crippen LogP) is 2.57. The second-order valence-electron chi connectivity index (χ2n) is 5.64. The van der Waals surface area contributed by atoms with Gasteiger partial charge in [0.1, 0.15) is 6.04 Å². The number of esters is 1. The van der Waals surface area contributed by atoms with Crippen molar-refractivity contribution in [2.24, 2.45) is 0 Å². The molecule has 0 aromatic carbocycles. The Labute approximate surface area is 124 Å². The first kappa shape index (κ1) is 17.4. The van der Waals surface area contributed by atoms with Gasteiger partial charge in [-0.1, -0.05) is 33.1 Å². The molecule has 1 rings (SSSR count). The molecule has 0 radical (unpaired) electrons. The second kappa shape index (κ2) is 10.2. The fraction of sp³-hybridized carbons (Fsp3) is 0.938. The number of rotatable bonds is 9. The first-order valence-electron chi connectivity index (χ1n) is 8.36. The molecule has 1 fully saturated rings. The van der Waals surface area contributed by atoms with E-state index in [-0.39, 0.29) is 12.0 Å². The number of ether oxygens (including phenoxy) is 1. The van der Waals surface area contributed by atoms with E-state index in [1.165, 1.54) is 32.1 Å². The molecule has 1 N–H and O–H groups in total. The fourth-order valence-electron chi connectivity index (χ4n) is 3.00. The van der Waals surface area contributed by atoms with E-state index in [0.717, 1.165) is 26.1 Å². The lowest BCUT2D eigenvalue weighted by atomic mass is 9.94. The number of nitrogens with zero attached hydrogens (tertiary/aromatic N) is 1. The molecule has 118 valence electrons. The van der Waals surface area contributed by atoms with Crippen molar-refractivity contribution in [2.75, 3.05) is 26.2 Å². The highest BCUT2D eigenvalue weighted by molar-refractivity contribution is 5.76. The summed E-state index contributed by atoms with van der Waals surface area (Å²) >= 11 is 0. The Balaban J connectivity index is 2.56. The van der Waals surface area contributed by atoms with Crippen LogP contribution in [-0.2, 0) is 9.53 Å². The zero-order valence-corrected chi connectivity index (χ0v) is 13.5. The molecule has 4 heteroatoms. The topological polar surface area (TPSA) is 41.6 Å². The maximum atomic E-state index is 12.1. The highest BCUT2D eigenvalue weighted by atomic mass is 16.5. The third-order valence-electron chi connectivity index (χ3n) is 4.13. The van der Waals surface area contributed by atoms with Crippen molar-refractivity contribution < 1.29 is 9.53 Å². The van der Waals surface area contributed by atoms with E-state index in [9.17, 15) is 4.79 Å². The maximum Gasteiger partial charge on any atom is 0.324 e. The largest absolute Gasteiger partial charge is 0.465 e. The molecule has 0 amide bonds. The highest BCUT2D eigenvalue weighted by Crippen LogP contribution is 2.22. The lowest BCUT2D eigenvalue weighted by molar-refractivity contribution is -0.146. The van der Waals surface area contributed by atoms with Crippen LogP contribution in [-0.4, -0.2) is 49.2 Å². The summed E-state index contributed by atoms with van der Waals surface area (Å²) in [6.45, 7) is 9.29. The van der Waals surface area contributed by atoms with Gasteiger partial charge in [0, 0.05) is 12.6 Å². The van der Waals surface area contributed by atoms with E-state index < -0.39 is 0 Å². The Morgan fingerprint density at radius 2 is 1.95 bits per heavy atom. The van der Waals surface area contributed by atoms with Crippen LogP contribution < -0.4 is 5.32 Å². The summed E-state index contributed by atoms with van der Waals surface area (Å²) in [5, 5.41) is 3.34. The van der Waals surface area contributed by atoms with Crippen molar-refractivity contribution in [3.05, 3.63) is 0 Å². The van der Waals surface area contributed by atoms with Gasteiger partial charge in [-0.25, -0.2) is 0 Å². The molecule has 0 aliphatic heterocycles. The first-order chi connectivity index (χ1) is 9.72. The van der Waals surface area contributed by atoms with Gasteiger partial charge in [0.05, 0.1) is 6.61 Å². The van der Waals surface area contributed by atoms with Crippen molar-refractivity contribution in [1.29, 1.82) is 0 Å². The Morgan fingerprint density at radius 3 is 2.50 bits per heavy atom. The van der Waals surface area contributed by atoms with Crippen LogP contribution in [0.4, 0.5) is 0 Å². The standard InChI is InChI=1S/C16H32N2O2/c1-4-12-17-15(16(19)20-6-3)13-18(5-2)14-10-8-7-9-11-14/h14-15,17H,4-13H2,1-3H3. The lowest BCUT2D eigenvalue weighted by Gasteiger charge is -2.35. The van der Waals surface area contributed by atoms with Gasteiger partial charge in [0.2, 0.25) is 0 Å². The fourth-order valence-corrected chi connectivity index (χ4v) is 3.00. The van der Waals surface area contributed by atoms with E-state index in [0.29, 0.717) is 12.6 Å². The summed E-state index contributed by atoms with van der Waals surface area (Å²) in [6.07, 6.45) is 7.60. The first-order valence-corrected chi connectivity index (χ1v) is 8.36. The number of carbonyl (C=O) groups excluding carboxylic acids is 1. The monoisotopic (exact) mass is 284 g/mol. The number of carbonyl (C=O) groups is 1. The average molecular weight is 284 g/mol. The minimum Gasteiger partial charge on any atom is -0.465 e. The van der Waals surface area contributed by atoms with E-state index in [1.807, 2.05) is 6.92 Å². The van der Waals surface area contributed by atoms with Gasteiger partial charge in [-0.3, -0.25) is 9.69 Å². The zero-order valence-electron chi connectivity index (χ0n) is 13.5.